The Labute approximate surface area is 132 Å². The van der Waals surface area contributed by atoms with E-state index in [-0.39, 0.29) is 6.04 Å². The van der Waals surface area contributed by atoms with Crippen LogP contribution in [0, 0.1) is 13.8 Å². The number of benzene rings is 1. The maximum atomic E-state index is 6.39. The van der Waals surface area contributed by atoms with Crippen molar-refractivity contribution in [3.63, 3.8) is 0 Å². The van der Waals surface area contributed by atoms with Crippen LogP contribution >= 0.6 is 11.6 Å². The number of aromatic nitrogens is 2. The second-order valence-corrected chi connectivity index (χ2v) is 5.97. The smallest absolute Gasteiger partial charge is 0.0847 e. The lowest BCUT2D eigenvalue weighted by molar-refractivity contribution is 0.512. The summed E-state index contributed by atoms with van der Waals surface area (Å²) in [6, 6.07) is 8.97. The molecule has 0 aliphatic heterocycles. The lowest BCUT2D eigenvalue weighted by atomic mass is 10.0. The van der Waals surface area contributed by atoms with Gasteiger partial charge in [0.05, 0.1) is 16.4 Å². The summed E-state index contributed by atoms with van der Waals surface area (Å²) in [5.74, 6) is 0. The number of rotatable bonds is 6. The van der Waals surface area contributed by atoms with Gasteiger partial charge in [0.2, 0.25) is 0 Å². The summed E-state index contributed by atoms with van der Waals surface area (Å²) in [7, 11) is 1.96. The second-order valence-electron chi connectivity index (χ2n) is 5.59. The summed E-state index contributed by atoms with van der Waals surface area (Å²) in [6.07, 6.45) is 1.96. The number of hydrogen-bond donors (Lipinski definition) is 1. The minimum absolute atomic E-state index is 0.262. The number of nitrogens with zero attached hydrogens (tertiary/aromatic N) is 2. The van der Waals surface area contributed by atoms with Crippen LogP contribution in [-0.4, -0.2) is 16.3 Å². The lowest BCUT2D eigenvalue weighted by Crippen LogP contribution is -2.25. The summed E-state index contributed by atoms with van der Waals surface area (Å²) in [4.78, 5) is 0. The van der Waals surface area contributed by atoms with E-state index in [1.807, 2.05) is 18.7 Å². The van der Waals surface area contributed by atoms with Crippen molar-refractivity contribution < 1.29 is 0 Å². The molecule has 1 N–H and O–H groups in total. The van der Waals surface area contributed by atoms with Gasteiger partial charge in [-0.1, -0.05) is 48.4 Å². The number of nitrogens with one attached hydrogen (secondary N) is 1. The van der Waals surface area contributed by atoms with Gasteiger partial charge < -0.3 is 5.32 Å². The molecule has 1 aromatic heterocycles. The monoisotopic (exact) mass is 305 g/mol. The molecule has 0 bridgehead atoms. The SMILES string of the molecule is CCCNC(Cc1c(Cl)c(C)nn1C)c1ccc(C)cc1. The zero-order valence-corrected chi connectivity index (χ0v) is 14.0. The molecule has 1 atom stereocenters. The molecule has 1 unspecified atom stereocenters. The van der Waals surface area contributed by atoms with Crippen molar-refractivity contribution in [1.29, 1.82) is 0 Å². The second kappa shape index (κ2) is 7.10. The molecule has 0 aliphatic rings. The highest BCUT2D eigenvalue weighted by molar-refractivity contribution is 6.31. The molecule has 1 heterocycles. The van der Waals surface area contributed by atoms with Gasteiger partial charge in [-0.05, 0) is 32.4 Å². The van der Waals surface area contributed by atoms with E-state index in [2.05, 4.69) is 48.5 Å². The number of aryl methyl sites for hydroxylation is 3. The van der Waals surface area contributed by atoms with E-state index >= 15 is 0 Å². The van der Waals surface area contributed by atoms with Gasteiger partial charge in [0.1, 0.15) is 0 Å². The largest absolute Gasteiger partial charge is 0.310 e. The van der Waals surface area contributed by atoms with Gasteiger partial charge in [-0.15, -0.1) is 0 Å². The van der Waals surface area contributed by atoms with E-state index in [0.29, 0.717) is 0 Å². The molecule has 0 amide bonds. The predicted molar refractivity (Wildman–Crippen MR) is 88.9 cm³/mol. The molecule has 0 saturated carbocycles. The van der Waals surface area contributed by atoms with Crippen molar-refractivity contribution in [1.82, 2.24) is 15.1 Å². The molecule has 114 valence electrons. The molecule has 4 heteroatoms. The maximum Gasteiger partial charge on any atom is 0.0847 e. The Kier molecular flexibility index (Phi) is 5.43. The minimum atomic E-state index is 0.262. The van der Waals surface area contributed by atoms with E-state index in [4.69, 9.17) is 11.6 Å². The van der Waals surface area contributed by atoms with Crippen LogP contribution < -0.4 is 5.32 Å². The molecular weight excluding hydrogens is 282 g/mol. The van der Waals surface area contributed by atoms with E-state index in [1.165, 1.54) is 11.1 Å². The molecule has 0 radical (unpaired) electrons. The van der Waals surface area contributed by atoms with E-state index in [9.17, 15) is 0 Å². The highest BCUT2D eigenvalue weighted by atomic mass is 35.5. The average Bonchev–Trinajstić information content (AvgIpc) is 2.70. The molecule has 0 spiro atoms. The average molecular weight is 306 g/mol. The Bertz CT molecular complexity index is 587. The molecular formula is C17H24ClN3. The highest BCUT2D eigenvalue weighted by Gasteiger charge is 2.18. The number of halogens is 1. The quantitative estimate of drug-likeness (QED) is 0.875. The van der Waals surface area contributed by atoms with Crippen LogP contribution in [0.5, 0.6) is 0 Å². The van der Waals surface area contributed by atoms with Crippen LogP contribution in [0.2, 0.25) is 5.02 Å². The molecule has 0 aliphatic carbocycles. The van der Waals surface area contributed by atoms with Crippen LogP contribution in [-0.2, 0) is 13.5 Å². The lowest BCUT2D eigenvalue weighted by Gasteiger charge is -2.19. The normalized spacial score (nSPS) is 12.6. The fraction of sp³-hybridized carbons (Fsp3) is 0.471. The van der Waals surface area contributed by atoms with Crippen LogP contribution in [0.1, 0.15) is 41.9 Å². The third kappa shape index (κ3) is 3.86. The Morgan fingerprint density at radius 1 is 1.24 bits per heavy atom. The summed E-state index contributed by atoms with van der Waals surface area (Å²) in [5.41, 5.74) is 4.56. The topological polar surface area (TPSA) is 29.9 Å². The first-order valence-corrected chi connectivity index (χ1v) is 7.88. The Hall–Kier alpha value is -1.32. The number of hydrogen-bond acceptors (Lipinski definition) is 2. The van der Waals surface area contributed by atoms with Crippen molar-refractivity contribution in [3.8, 4) is 0 Å². The summed E-state index contributed by atoms with van der Waals surface area (Å²) in [6.45, 7) is 7.24. The first kappa shape index (κ1) is 16.1. The minimum Gasteiger partial charge on any atom is -0.310 e. The molecule has 3 nitrogen and oxygen atoms in total. The first-order valence-electron chi connectivity index (χ1n) is 7.50. The summed E-state index contributed by atoms with van der Waals surface area (Å²) in [5, 5.41) is 8.81. The zero-order chi connectivity index (χ0) is 15.4. The van der Waals surface area contributed by atoms with E-state index in [0.717, 1.165) is 35.8 Å². The highest BCUT2D eigenvalue weighted by Crippen LogP contribution is 2.25. The molecule has 1 aromatic carbocycles. The van der Waals surface area contributed by atoms with Crippen molar-refractivity contribution in [2.45, 2.75) is 39.7 Å². The van der Waals surface area contributed by atoms with Crippen LogP contribution in [0.15, 0.2) is 24.3 Å². The fourth-order valence-corrected chi connectivity index (χ4v) is 2.76. The zero-order valence-electron chi connectivity index (χ0n) is 13.3. The molecule has 21 heavy (non-hydrogen) atoms. The van der Waals surface area contributed by atoms with Gasteiger partial charge in [-0.2, -0.15) is 5.10 Å². The Morgan fingerprint density at radius 3 is 2.43 bits per heavy atom. The van der Waals surface area contributed by atoms with Crippen LogP contribution in [0.25, 0.3) is 0 Å². The van der Waals surface area contributed by atoms with Gasteiger partial charge in [0, 0.05) is 19.5 Å². The van der Waals surface area contributed by atoms with Gasteiger partial charge in [0.15, 0.2) is 0 Å². The van der Waals surface area contributed by atoms with Gasteiger partial charge in [-0.3, -0.25) is 4.68 Å². The van der Waals surface area contributed by atoms with Crippen molar-refractivity contribution in [2.75, 3.05) is 6.54 Å². The Balaban J connectivity index is 2.25. The Morgan fingerprint density at radius 2 is 1.90 bits per heavy atom. The van der Waals surface area contributed by atoms with Crippen molar-refractivity contribution in [3.05, 3.63) is 51.8 Å². The van der Waals surface area contributed by atoms with Gasteiger partial charge >= 0.3 is 0 Å². The van der Waals surface area contributed by atoms with Crippen molar-refractivity contribution in [2.24, 2.45) is 7.05 Å². The van der Waals surface area contributed by atoms with Crippen molar-refractivity contribution >= 4 is 11.6 Å². The summed E-state index contributed by atoms with van der Waals surface area (Å²) < 4.78 is 1.90. The molecule has 0 saturated heterocycles. The molecule has 0 fully saturated rings. The third-order valence-corrected chi connectivity index (χ3v) is 4.27. The van der Waals surface area contributed by atoms with Crippen LogP contribution in [0.3, 0.4) is 0 Å². The van der Waals surface area contributed by atoms with Gasteiger partial charge in [-0.25, -0.2) is 0 Å². The molecule has 2 rings (SSSR count). The van der Waals surface area contributed by atoms with E-state index in [1.54, 1.807) is 0 Å². The third-order valence-electron chi connectivity index (χ3n) is 3.78. The van der Waals surface area contributed by atoms with Gasteiger partial charge in [0.25, 0.3) is 0 Å². The standard InChI is InChI=1S/C17H24ClN3/c1-5-10-19-15(14-8-6-12(2)7-9-14)11-16-17(18)13(3)20-21(16)4/h6-9,15,19H,5,10-11H2,1-4H3. The maximum absolute atomic E-state index is 6.39. The first-order chi connectivity index (χ1) is 10.0. The fourth-order valence-electron chi connectivity index (χ4n) is 2.52. The van der Waals surface area contributed by atoms with E-state index < -0.39 is 0 Å². The molecule has 2 aromatic rings. The summed E-state index contributed by atoms with van der Waals surface area (Å²) >= 11 is 6.39. The van der Waals surface area contributed by atoms with Crippen LogP contribution in [0.4, 0.5) is 0 Å². The predicted octanol–water partition coefficient (Wildman–Crippen LogP) is 3.97.